The topological polar surface area (TPSA) is 55.2 Å². The third kappa shape index (κ3) is 2.55. The smallest absolute Gasteiger partial charge is 0.321 e. The summed E-state index contributed by atoms with van der Waals surface area (Å²) in [6, 6.07) is 9.21. The van der Waals surface area contributed by atoms with E-state index < -0.39 is 6.10 Å². The van der Waals surface area contributed by atoms with Gasteiger partial charge in [-0.3, -0.25) is 0 Å². The van der Waals surface area contributed by atoms with Crippen molar-refractivity contribution in [3.63, 3.8) is 0 Å². The van der Waals surface area contributed by atoms with Crippen LogP contribution >= 0.6 is 0 Å². The average Bonchev–Trinajstić information content (AvgIpc) is 2.31. The van der Waals surface area contributed by atoms with E-state index >= 15 is 0 Å². The van der Waals surface area contributed by atoms with Crippen molar-refractivity contribution in [2.45, 2.75) is 13.0 Å². The zero-order valence-corrected chi connectivity index (χ0v) is 8.87. The van der Waals surface area contributed by atoms with Gasteiger partial charge in [0.1, 0.15) is 5.75 Å². The number of rotatable bonds is 3. The van der Waals surface area contributed by atoms with Crippen LogP contribution in [0, 0.1) is 0 Å². The van der Waals surface area contributed by atoms with Gasteiger partial charge in [-0.05, 0) is 30.7 Å². The summed E-state index contributed by atoms with van der Waals surface area (Å²) >= 11 is 0. The summed E-state index contributed by atoms with van der Waals surface area (Å²) in [7, 11) is 0. The molecule has 1 heterocycles. The Hall–Kier alpha value is -1.94. The first-order valence-corrected chi connectivity index (χ1v) is 4.98. The monoisotopic (exact) mass is 216 g/mol. The van der Waals surface area contributed by atoms with Gasteiger partial charge in [-0.2, -0.15) is 0 Å². The van der Waals surface area contributed by atoms with Crippen LogP contribution in [-0.2, 0) is 0 Å². The number of aromatic nitrogens is 2. The van der Waals surface area contributed by atoms with Crippen molar-refractivity contribution in [1.29, 1.82) is 0 Å². The van der Waals surface area contributed by atoms with Crippen LogP contribution in [0.15, 0.2) is 42.7 Å². The minimum atomic E-state index is -0.470. The lowest BCUT2D eigenvalue weighted by atomic mass is 10.1. The van der Waals surface area contributed by atoms with Gasteiger partial charge >= 0.3 is 6.01 Å². The number of nitrogens with zero attached hydrogens (tertiary/aromatic N) is 2. The van der Waals surface area contributed by atoms with E-state index in [2.05, 4.69) is 9.97 Å². The Kier molecular flexibility index (Phi) is 3.12. The highest BCUT2D eigenvalue weighted by atomic mass is 16.5. The van der Waals surface area contributed by atoms with Crippen LogP contribution in [0.5, 0.6) is 11.8 Å². The number of aliphatic hydroxyl groups excluding tert-OH is 1. The van der Waals surface area contributed by atoms with Gasteiger partial charge in [0.05, 0.1) is 6.10 Å². The predicted octanol–water partition coefficient (Wildman–Crippen LogP) is 2.32. The Bertz CT molecular complexity index is 440. The minimum Gasteiger partial charge on any atom is -0.424 e. The van der Waals surface area contributed by atoms with Gasteiger partial charge in [0.2, 0.25) is 0 Å². The van der Waals surface area contributed by atoms with Gasteiger partial charge in [0, 0.05) is 12.4 Å². The summed E-state index contributed by atoms with van der Waals surface area (Å²) in [5.41, 5.74) is 0.848. The Labute approximate surface area is 93.6 Å². The lowest BCUT2D eigenvalue weighted by Crippen LogP contribution is -1.92. The number of aliphatic hydroxyl groups is 1. The SMILES string of the molecule is CC(O)c1ccc(Oc2ncccn2)cc1. The maximum atomic E-state index is 9.34. The van der Waals surface area contributed by atoms with E-state index in [0.717, 1.165) is 5.56 Å². The molecule has 0 bridgehead atoms. The second kappa shape index (κ2) is 4.72. The number of benzene rings is 1. The standard InChI is InChI=1S/C12H12N2O2/c1-9(15)10-3-5-11(6-4-10)16-12-13-7-2-8-14-12/h2-9,15H,1H3. The predicted molar refractivity (Wildman–Crippen MR) is 59.2 cm³/mol. The molecule has 82 valence electrons. The van der Waals surface area contributed by atoms with Gasteiger partial charge < -0.3 is 9.84 Å². The fraction of sp³-hybridized carbons (Fsp3) is 0.167. The molecule has 1 N–H and O–H groups in total. The largest absolute Gasteiger partial charge is 0.424 e. The van der Waals surface area contributed by atoms with Crippen LogP contribution in [0.3, 0.4) is 0 Å². The van der Waals surface area contributed by atoms with E-state index in [1.165, 1.54) is 0 Å². The molecule has 0 aliphatic rings. The molecule has 0 spiro atoms. The highest BCUT2D eigenvalue weighted by Crippen LogP contribution is 2.20. The molecule has 0 amide bonds. The van der Waals surface area contributed by atoms with Gasteiger partial charge in [0.25, 0.3) is 0 Å². The molecule has 4 heteroatoms. The molecule has 1 atom stereocenters. The summed E-state index contributed by atoms with van der Waals surface area (Å²) in [4.78, 5) is 7.90. The minimum absolute atomic E-state index is 0.312. The molecule has 1 unspecified atom stereocenters. The van der Waals surface area contributed by atoms with Crippen molar-refractivity contribution in [3.8, 4) is 11.8 Å². The normalized spacial score (nSPS) is 12.1. The van der Waals surface area contributed by atoms with Crippen LogP contribution in [0.25, 0.3) is 0 Å². The first-order chi connectivity index (χ1) is 7.75. The van der Waals surface area contributed by atoms with Crippen molar-refractivity contribution in [2.75, 3.05) is 0 Å². The summed E-state index contributed by atoms with van der Waals surface area (Å²) < 4.78 is 5.41. The lowest BCUT2D eigenvalue weighted by Gasteiger charge is -2.06. The third-order valence-corrected chi connectivity index (χ3v) is 2.11. The van der Waals surface area contributed by atoms with Crippen molar-refractivity contribution in [3.05, 3.63) is 48.3 Å². The summed E-state index contributed by atoms with van der Waals surface area (Å²) in [5, 5.41) is 9.34. The van der Waals surface area contributed by atoms with Gasteiger partial charge in [0.15, 0.2) is 0 Å². The van der Waals surface area contributed by atoms with Crippen LogP contribution < -0.4 is 4.74 Å². The van der Waals surface area contributed by atoms with E-state index in [0.29, 0.717) is 11.8 Å². The summed E-state index contributed by atoms with van der Waals surface area (Å²) in [5.74, 6) is 0.649. The zero-order valence-electron chi connectivity index (χ0n) is 8.87. The number of ether oxygens (including phenoxy) is 1. The van der Waals surface area contributed by atoms with Gasteiger partial charge in [-0.15, -0.1) is 0 Å². The van der Waals surface area contributed by atoms with Crippen molar-refractivity contribution >= 4 is 0 Å². The molecule has 2 aromatic rings. The highest BCUT2D eigenvalue weighted by Gasteiger charge is 2.02. The summed E-state index contributed by atoms with van der Waals surface area (Å²) in [6.07, 6.45) is 2.76. The van der Waals surface area contributed by atoms with Crippen LogP contribution in [0.2, 0.25) is 0 Å². The van der Waals surface area contributed by atoms with Crippen LogP contribution in [0.1, 0.15) is 18.6 Å². The maximum absolute atomic E-state index is 9.34. The van der Waals surface area contributed by atoms with Crippen molar-refractivity contribution in [1.82, 2.24) is 9.97 Å². The molecule has 0 radical (unpaired) electrons. The first kappa shape index (κ1) is 10.6. The fourth-order valence-electron chi connectivity index (χ4n) is 1.26. The molecular weight excluding hydrogens is 204 g/mol. The Morgan fingerprint density at radius 2 is 1.75 bits per heavy atom. The molecule has 0 fully saturated rings. The van der Waals surface area contributed by atoms with Gasteiger partial charge in [-0.1, -0.05) is 12.1 Å². The van der Waals surface area contributed by atoms with E-state index in [1.54, 1.807) is 37.5 Å². The zero-order chi connectivity index (χ0) is 11.4. The van der Waals surface area contributed by atoms with Crippen molar-refractivity contribution in [2.24, 2.45) is 0 Å². The van der Waals surface area contributed by atoms with E-state index in [9.17, 15) is 5.11 Å². The molecule has 1 aromatic heterocycles. The molecule has 4 nitrogen and oxygen atoms in total. The average molecular weight is 216 g/mol. The second-order valence-corrected chi connectivity index (χ2v) is 3.38. The Morgan fingerprint density at radius 1 is 1.12 bits per heavy atom. The molecule has 2 rings (SSSR count). The molecule has 16 heavy (non-hydrogen) atoms. The Morgan fingerprint density at radius 3 is 2.31 bits per heavy atom. The molecule has 0 aliphatic heterocycles. The number of hydrogen-bond acceptors (Lipinski definition) is 4. The molecular formula is C12H12N2O2. The summed E-state index contributed by atoms with van der Waals surface area (Å²) in [6.45, 7) is 1.72. The fourth-order valence-corrected chi connectivity index (χ4v) is 1.26. The quantitative estimate of drug-likeness (QED) is 0.855. The van der Waals surface area contributed by atoms with E-state index in [-0.39, 0.29) is 0 Å². The van der Waals surface area contributed by atoms with E-state index in [4.69, 9.17) is 4.74 Å². The van der Waals surface area contributed by atoms with Crippen molar-refractivity contribution < 1.29 is 9.84 Å². The molecule has 0 aliphatic carbocycles. The number of hydrogen-bond donors (Lipinski definition) is 1. The molecule has 0 saturated carbocycles. The molecule has 1 aromatic carbocycles. The Balaban J connectivity index is 2.11. The first-order valence-electron chi connectivity index (χ1n) is 4.98. The highest BCUT2D eigenvalue weighted by molar-refractivity contribution is 5.29. The second-order valence-electron chi connectivity index (χ2n) is 3.38. The van der Waals surface area contributed by atoms with Gasteiger partial charge in [-0.25, -0.2) is 9.97 Å². The third-order valence-electron chi connectivity index (χ3n) is 2.11. The van der Waals surface area contributed by atoms with E-state index in [1.807, 2.05) is 12.1 Å². The van der Waals surface area contributed by atoms with Crippen LogP contribution in [-0.4, -0.2) is 15.1 Å². The maximum Gasteiger partial charge on any atom is 0.321 e. The molecule has 0 saturated heterocycles. The lowest BCUT2D eigenvalue weighted by molar-refractivity contribution is 0.199. The van der Waals surface area contributed by atoms with Crippen LogP contribution in [0.4, 0.5) is 0 Å².